The van der Waals surface area contributed by atoms with E-state index in [1.807, 2.05) is 0 Å². The SMILES string of the molecule is NC(=O)C=CCCC(O)=CC(N)=O. The molecule has 0 aromatic rings. The first-order valence-electron chi connectivity index (χ1n) is 3.67. The molecule has 0 rings (SSSR count). The molecule has 13 heavy (non-hydrogen) atoms. The quantitative estimate of drug-likeness (QED) is 0.404. The summed E-state index contributed by atoms with van der Waals surface area (Å²) in [5.74, 6) is -1.35. The third-order valence-corrected chi connectivity index (χ3v) is 1.16. The van der Waals surface area contributed by atoms with Gasteiger partial charge >= 0.3 is 0 Å². The molecule has 5 N–H and O–H groups in total. The van der Waals surface area contributed by atoms with Crippen LogP contribution in [0.1, 0.15) is 12.8 Å². The molecular weight excluding hydrogens is 172 g/mol. The van der Waals surface area contributed by atoms with E-state index in [0.717, 1.165) is 6.08 Å². The summed E-state index contributed by atoms with van der Waals surface area (Å²) in [5, 5.41) is 9.00. The van der Waals surface area contributed by atoms with Crippen molar-refractivity contribution in [2.75, 3.05) is 0 Å². The lowest BCUT2D eigenvalue weighted by Gasteiger charge is -1.93. The van der Waals surface area contributed by atoms with Gasteiger partial charge in [0, 0.05) is 12.5 Å². The molecular formula is C8H12N2O3. The summed E-state index contributed by atoms with van der Waals surface area (Å²) in [4.78, 5) is 20.5. The zero-order valence-corrected chi connectivity index (χ0v) is 7.06. The molecule has 0 saturated carbocycles. The first-order valence-corrected chi connectivity index (χ1v) is 3.67. The highest BCUT2D eigenvalue weighted by atomic mass is 16.3. The molecule has 0 fully saturated rings. The maximum absolute atomic E-state index is 10.2. The molecule has 0 unspecified atom stereocenters. The van der Waals surface area contributed by atoms with Crippen molar-refractivity contribution < 1.29 is 14.7 Å². The van der Waals surface area contributed by atoms with Gasteiger partial charge in [-0.1, -0.05) is 6.08 Å². The van der Waals surface area contributed by atoms with E-state index in [-0.39, 0.29) is 12.2 Å². The van der Waals surface area contributed by atoms with Crippen molar-refractivity contribution in [3.63, 3.8) is 0 Å². The molecule has 0 atom stereocenters. The lowest BCUT2D eigenvalue weighted by molar-refractivity contribution is -0.114. The molecule has 0 aliphatic carbocycles. The number of rotatable bonds is 5. The highest BCUT2D eigenvalue weighted by Gasteiger charge is 1.94. The van der Waals surface area contributed by atoms with E-state index in [0.29, 0.717) is 6.42 Å². The van der Waals surface area contributed by atoms with Crippen LogP contribution in [0.25, 0.3) is 0 Å². The standard InChI is InChI=1S/C8H12N2O3/c9-7(12)4-2-1-3-6(11)5-8(10)13/h2,4-5,11H,1,3H2,(H2,9,12)(H2,10,13). The van der Waals surface area contributed by atoms with Crippen molar-refractivity contribution in [1.82, 2.24) is 0 Å². The number of hydrogen-bond acceptors (Lipinski definition) is 3. The van der Waals surface area contributed by atoms with Gasteiger partial charge in [0.15, 0.2) is 0 Å². The molecule has 5 heteroatoms. The number of allylic oxidation sites excluding steroid dienone is 2. The number of carbonyl (C=O) groups excluding carboxylic acids is 2. The second-order valence-corrected chi connectivity index (χ2v) is 2.38. The number of primary amides is 2. The average molecular weight is 184 g/mol. The van der Waals surface area contributed by atoms with Gasteiger partial charge in [-0.25, -0.2) is 0 Å². The monoisotopic (exact) mass is 184 g/mol. The van der Waals surface area contributed by atoms with Crippen LogP contribution < -0.4 is 11.5 Å². The first-order chi connectivity index (χ1) is 6.02. The number of amides is 2. The Labute approximate surface area is 75.7 Å². The van der Waals surface area contributed by atoms with Gasteiger partial charge in [-0.3, -0.25) is 9.59 Å². The third kappa shape index (κ3) is 8.12. The van der Waals surface area contributed by atoms with Crippen LogP contribution >= 0.6 is 0 Å². The van der Waals surface area contributed by atoms with Gasteiger partial charge in [0.05, 0.1) is 5.76 Å². The average Bonchev–Trinajstić information content (AvgIpc) is 1.96. The van der Waals surface area contributed by atoms with E-state index >= 15 is 0 Å². The van der Waals surface area contributed by atoms with E-state index < -0.39 is 11.8 Å². The van der Waals surface area contributed by atoms with Crippen molar-refractivity contribution >= 4 is 11.8 Å². The second kappa shape index (κ2) is 5.82. The Morgan fingerprint density at radius 3 is 2.31 bits per heavy atom. The van der Waals surface area contributed by atoms with E-state index in [9.17, 15) is 9.59 Å². The number of aliphatic hydroxyl groups excluding tert-OH is 1. The fourth-order valence-electron chi connectivity index (χ4n) is 0.667. The maximum atomic E-state index is 10.2. The molecule has 2 amide bonds. The lowest BCUT2D eigenvalue weighted by atomic mass is 10.2. The molecule has 0 spiro atoms. The normalized spacial score (nSPS) is 11.8. The van der Waals surface area contributed by atoms with Crippen LogP contribution in [0.3, 0.4) is 0 Å². The summed E-state index contributed by atoms with van der Waals surface area (Å²) in [5.41, 5.74) is 9.59. The zero-order chi connectivity index (χ0) is 10.3. The van der Waals surface area contributed by atoms with Gasteiger partial charge in [-0.15, -0.1) is 0 Å². The molecule has 72 valence electrons. The predicted molar refractivity (Wildman–Crippen MR) is 47.5 cm³/mol. The number of carbonyl (C=O) groups is 2. The van der Waals surface area contributed by atoms with Crippen LogP contribution in [0.15, 0.2) is 24.0 Å². The maximum Gasteiger partial charge on any atom is 0.244 e. The zero-order valence-electron chi connectivity index (χ0n) is 7.06. The Morgan fingerprint density at radius 2 is 1.85 bits per heavy atom. The fourth-order valence-corrected chi connectivity index (χ4v) is 0.667. The summed E-state index contributed by atoms with van der Waals surface area (Å²) < 4.78 is 0. The van der Waals surface area contributed by atoms with Crippen molar-refractivity contribution in [3.8, 4) is 0 Å². The minimum Gasteiger partial charge on any atom is -0.512 e. The Balaban J connectivity index is 3.77. The lowest BCUT2D eigenvalue weighted by Crippen LogP contribution is -2.07. The van der Waals surface area contributed by atoms with E-state index in [1.54, 1.807) is 0 Å². The summed E-state index contributed by atoms with van der Waals surface area (Å²) in [6, 6.07) is 0. The van der Waals surface area contributed by atoms with Gasteiger partial charge in [-0.2, -0.15) is 0 Å². The van der Waals surface area contributed by atoms with E-state index in [2.05, 4.69) is 0 Å². The molecule has 0 aromatic heterocycles. The second-order valence-electron chi connectivity index (χ2n) is 2.38. The smallest absolute Gasteiger partial charge is 0.244 e. The summed E-state index contributed by atoms with van der Waals surface area (Å²) in [7, 11) is 0. The molecule has 5 nitrogen and oxygen atoms in total. The van der Waals surface area contributed by atoms with Crippen LogP contribution in [0.2, 0.25) is 0 Å². The van der Waals surface area contributed by atoms with E-state index in [4.69, 9.17) is 16.6 Å². The van der Waals surface area contributed by atoms with Crippen LogP contribution in [0.5, 0.6) is 0 Å². The van der Waals surface area contributed by atoms with Crippen molar-refractivity contribution in [2.24, 2.45) is 11.5 Å². The number of hydrogen-bond donors (Lipinski definition) is 3. The molecule has 0 saturated heterocycles. The molecule has 0 bridgehead atoms. The van der Waals surface area contributed by atoms with Gasteiger partial charge in [0.2, 0.25) is 11.8 Å². The Kier molecular flexibility index (Phi) is 5.02. The largest absolute Gasteiger partial charge is 0.512 e. The minimum atomic E-state index is -0.698. The molecule has 0 aromatic carbocycles. The third-order valence-electron chi connectivity index (χ3n) is 1.16. The summed E-state index contributed by atoms with van der Waals surface area (Å²) in [6.45, 7) is 0. The van der Waals surface area contributed by atoms with Crippen LogP contribution in [-0.2, 0) is 9.59 Å². The topological polar surface area (TPSA) is 106 Å². The number of aliphatic hydroxyl groups is 1. The van der Waals surface area contributed by atoms with Crippen LogP contribution in [-0.4, -0.2) is 16.9 Å². The fraction of sp³-hybridized carbons (Fsp3) is 0.250. The molecule has 0 heterocycles. The highest BCUT2D eigenvalue weighted by Crippen LogP contribution is 2.00. The molecule has 0 radical (unpaired) electrons. The Morgan fingerprint density at radius 1 is 1.23 bits per heavy atom. The van der Waals surface area contributed by atoms with Gasteiger partial charge < -0.3 is 16.6 Å². The van der Waals surface area contributed by atoms with Crippen LogP contribution in [0, 0.1) is 0 Å². The Bertz CT molecular complexity index is 256. The van der Waals surface area contributed by atoms with Crippen molar-refractivity contribution in [2.45, 2.75) is 12.8 Å². The van der Waals surface area contributed by atoms with E-state index in [1.165, 1.54) is 12.2 Å². The summed E-state index contributed by atoms with van der Waals surface area (Å²) >= 11 is 0. The Hall–Kier alpha value is -1.78. The predicted octanol–water partition coefficient (Wildman–Crippen LogP) is -0.265. The van der Waals surface area contributed by atoms with Crippen molar-refractivity contribution in [1.29, 1.82) is 0 Å². The molecule has 0 aliphatic rings. The van der Waals surface area contributed by atoms with Gasteiger partial charge in [0.1, 0.15) is 0 Å². The van der Waals surface area contributed by atoms with Gasteiger partial charge in [-0.05, 0) is 12.5 Å². The number of nitrogens with two attached hydrogens (primary N) is 2. The highest BCUT2D eigenvalue weighted by molar-refractivity contribution is 5.86. The first kappa shape index (κ1) is 11.2. The summed E-state index contributed by atoms with van der Waals surface area (Å²) in [6.07, 6.45) is 4.31. The molecule has 0 aliphatic heterocycles. The minimum absolute atomic E-state index is 0.110. The van der Waals surface area contributed by atoms with Crippen molar-refractivity contribution in [3.05, 3.63) is 24.0 Å². The van der Waals surface area contributed by atoms with Gasteiger partial charge in [0.25, 0.3) is 0 Å². The van der Waals surface area contributed by atoms with Crippen LogP contribution in [0.4, 0.5) is 0 Å².